The molecule has 0 fully saturated rings. The Bertz CT molecular complexity index is 1290. The van der Waals surface area contributed by atoms with Gasteiger partial charge in [0.05, 0.1) is 17.9 Å². The summed E-state index contributed by atoms with van der Waals surface area (Å²) in [5, 5.41) is 7.89. The molecule has 1 aromatic carbocycles. The molecule has 1 atom stereocenters. The number of hydrogen-bond donors (Lipinski definition) is 2. The number of nitrogens with one attached hydrogen (secondary N) is 2. The average molecular weight is 517 g/mol. The number of aliphatic imine (C=N–C) groups is 1. The summed E-state index contributed by atoms with van der Waals surface area (Å²) in [6.07, 6.45) is 12.0. The second-order valence-corrected chi connectivity index (χ2v) is 9.12. The van der Waals surface area contributed by atoms with Gasteiger partial charge in [0, 0.05) is 36.7 Å². The van der Waals surface area contributed by atoms with Crippen LogP contribution in [0.4, 0.5) is 5.13 Å². The zero-order valence-corrected chi connectivity index (χ0v) is 22.4. The summed E-state index contributed by atoms with van der Waals surface area (Å²) < 4.78 is 7.06. The molecule has 3 rings (SSSR count). The largest absolute Gasteiger partial charge is 0.401 e. The van der Waals surface area contributed by atoms with Gasteiger partial charge in [0.25, 0.3) is 11.8 Å². The van der Waals surface area contributed by atoms with Gasteiger partial charge in [0.2, 0.25) is 7.41 Å². The van der Waals surface area contributed by atoms with Crippen molar-refractivity contribution in [3.8, 4) is 11.3 Å². The van der Waals surface area contributed by atoms with Gasteiger partial charge in [-0.15, -0.1) is 11.3 Å². The van der Waals surface area contributed by atoms with E-state index in [9.17, 15) is 9.59 Å². The van der Waals surface area contributed by atoms with Crippen LogP contribution in [0.25, 0.3) is 16.8 Å². The number of nitrogens with zero attached hydrogens (tertiary/aromatic N) is 3. The Hall–Kier alpha value is -3.76. The fourth-order valence-electron chi connectivity index (χ4n) is 3.41. The van der Waals surface area contributed by atoms with Crippen molar-refractivity contribution in [2.24, 2.45) is 4.99 Å². The number of methoxy groups -OCH3 is 1. The molecule has 1 unspecified atom stereocenters. The zero-order chi connectivity index (χ0) is 26.6. The standard InChI is InChI=1S/C27H32BN5O3S/c1-5-6-12-29-13-10-19(2)20-8-7-9-21(15-20)24-18-37-27(31-24)32-26(35)23(17-36-4)30-25(34)22-11-14-33(16-22)28-3/h6-16,18,23,28H,5,17H2,1-4H3,(H,30,34)(H,31,32,35)/b12-6+,19-10+,29-13-. The van der Waals surface area contributed by atoms with E-state index in [-0.39, 0.29) is 12.5 Å². The molecule has 0 spiro atoms. The number of carbonyl (C=O) groups excluding carboxylic acids is 2. The van der Waals surface area contributed by atoms with E-state index in [4.69, 9.17) is 4.74 Å². The van der Waals surface area contributed by atoms with Crippen LogP contribution in [0.5, 0.6) is 0 Å². The highest BCUT2D eigenvalue weighted by Gasteiger charge is 2.23. The number of ether oxygens (including phenoxy) is 1. The first-order chi connectivity index (χ1) is 17.9. The van der Waals surface area contributed by atoms with E-state index in [1.165, 1.54) is 18.4 Å². The molecule has 10 heteroatoms. The number of hydrogen-bond acceptors (Lipinski definition) is 6. The van der Waals surface area contributed by atoms with Crippen LogP contribution >= 0.6 is 11.3 Å². The Morgan fingerprint density at radius 1 is 1.30 bits per heavy atom. The summed E-state index contributed by atoms with van der Waals surface area (Å²) in [7, 11) is 2.24. The smallest absolute Gasteiger partial charge is 0.253 e. The molecular weight excluding hydrogens is 485 g/mol. The van der Waals surface area contributed by atoms with Crippen molar-refractivity contribution >= 4 is 47.5 Å². The lowest BCUT2D eigenvalue weighted by Crippen LogP contribution is -2.46. The van der Waals surface area contributed by atoms with Gasteiger partial charge in [-0.25, -0.2) is 4.98 Å². The maximum absolute atomic E-state index is 12.9. The number of carbonyl (C=O) groups is 2. The Kier molecular flexibility index (Phi) is 10.6. The summed E-state index contributed by atoms with van der Waals surface area (Å²) in [4.78, 5) is 34.4. The Labute approximate surface area is 222 Å². The van der Waals surface area contributed by atoms with E-state index in [0.717, 1.165) is 36.2 Å². The molecule has 0 radical (unpaired) electrons. The molecule has 0 aliphatic heterocycles. The molecule has 2 N–H and O–H groups in total. The number of aromatic nitrogens is 2. The molecule has 3 aromatic rings. The fraction of sp³-hybridized carbons (Fsp3) is 0.259. The van der Waals surface area contributed by atoms with Gasteiger partial charge >= 0.3 is 0 Å². The van der Waals surface area contributed by atoms with E-state index < -0.39 is 11.9 Å². The highest BCUT2D eigenvalue weighted by atomic mass is 32.1. The predicted octanol–water partition coefficient (Wildman–Crippen LogP) is 4.64. The lowest BCUT2D eigenvalue weighted by Gasteiger charge is -2.16. The minimum atomic E-state index is -0.861. The van der Waals surface area contributed by atoms with E-state index in [2.05, 4.69) is 33.6 Å². The molecule has 37 heavy (non-hydrogen) atoms. The lowest BCUT2D eigenvalue weighted by atomic mass is 10.0. The predicted molar refractivity (Wildman–Crippen MR) is 154 cm³/mol. The fourth-order valence-corrected chi connectivity index (χ4v) is 4.13. The topological polar surface area (TPSA) is 97.6 Å². The number of rotatable bonds is 12. The maximum Gasteiger partial charge on any atom is 0.253 e. The minimum absolute atomic E-state index is 0.0372. The lowest BCUT2D eigenvalue weighted by molar-refractivity contribution is -0.119. The molecule has 8 nitrogen and oxygen atoms in total. The molecule has 2 aromatic heterocycles. The molecule has 192 valence electrons. The van der Waals surface area contributed by atoms with Gasteiger partial charge in [0.15, 0.2) is 5.13 Å². The van der Waals surface area contributed by atoms with Crippen LogP contribution in [0.1, 0.15) is 36.2 Å². The van der Waals surface area contributed by atoms with Crippen molar-refractivity contribution in [1.82, 2.24) is 14.8 Å². The molecule has 0 bridgehead atoms. The van der Waals surface area contributed by atoms with Crippen LogP contribution in [-0.2, 0) is 9.53 Å². The van der Waals surface area contributed by atoms with Gasteiger partial charge in [-0.1, -0.05) is 38.0 Å². The molecule has 0 aliphatic carbocycles. The quantitative estimate of drug-likeness (QED) is 0.270. The molecule has 0 aliphatic rings. The van der Waals surface area contributed by atoms with Crippen molar-refractivity contribution < 1.29 is 14.3 Å². The third-order valence-corrected chi connectivity index (χ3v) is 6.28. The van der Waals surface area contributed by atoms with Crippen LogP contribution in [0, 0.1) is 0 Å². The summed E-state index contributed by atoms with van der Waals surface area (Å²) in [5.74, 6) is -0.731. The number of thiazole rings is 1. The van der Waals surface area contributed by atoms with E-state index in [1.807, 2.05) is 60.2 Å². The van der Waals surface area contributed by atoms with Crippen LogP contribution < -0.4 is 10.6 Å². The third kappa shape index (κ3) is 8.13. The second-order valence-electron chi connectivity index (χ2n) is 8.26. The Balaban J connectivity index is 1.67. The van der Waals surface area contributed by atoms with Crippen molar-refractivity contribution in [2.45, 2.75) is 33.1 Å². The molecule has 2 heterocycles. The monoisotopic (exact) mass is 517 g/mol. The normalized spacial score (nSPS) is 12.7. The number of benzene rings is 1. The summed E-state index contributed by atoms with van der Waals surface area (Å²) in [6.45, 7) is 6.12. The Morgan fingerprint density at radius 3 is 2.86 bits per heavy atom. The first-order valence-corrected chi connectivity index (χ1v) is 13.0. The van der Waals surface area contributed by atoms with Crippen LogP contribution in [0.15, 0.2) is 71.4 Å². The van der Waals surface area contributed by atoms with Crippen molar-refractivity contribution in [2.75, 3.05) is 19.0 Å². The van der Waals surface area contributed by atoms with Gasteiger partial charge < -0.3 is 19.8 Å². The summed E-state index contributed by atoms with van der Waals surface area (Å²) >= 11 is 1.32. The first kappa shape index (κ1) is 27.8. The molecule has 0 saturated heterocycles. The number of anilines is 1. The number of amides is 2. The van der Waals surface area contributed by atoms with Gasteiger partial charge in [-0.05, 0) is 48.9 Å². The van der Waals surface area contributed by atoms with Crippen LogP contribution in [0.2, 0.25) is 6.82 Å². The molecular formula is C27H32BN5O3S. The summed E-state index contributed by atoms with van der Waals surface area (Å²) in [5.41, 5.74) is 4.31. The molecule has 2 amide bonds. The van der Waals surface area contributed by atoms with Crippen LogP contribution in [-0.4, -0.2) is 54.7 Å². The first-order valence-electron chi connectivity index (χ1n) is 12.1. The molecule has 0 saturated carbocycles. The van der Waals surface area contributed by atoms with Gasteiger partial charge in [-0.3, -0.25) is 14.6 Å². The highest BCUT2D eigenvalue weighted by molar-refractivity contribution is 7.14. The van der Waals surface area contributed by atoms with Gasteiger partial charge in [-0.2, -0.15) is 0 Å². The third-order valence-electron chi connectivity index (χ3n) is 5.52. The van der Waals surface area contributed by atoms with Gasteiger partial charge in [0.1, 0.15) is 6.04 Å². The SMILES string of the molecule is CBn1ccc(C(=O)NC(COC)C(=O)Nc2nc(-c3cccc(/C(C)=C/C=N\C=C\CC)c3)cs2)c1. The van der Waals surface area contributed by atoms with E-state index >= 15 is 0 Å². The van der Waals surface area contributed by atoms with E-state index in [0.29, 0.717) is 10.7 Å². The van der Waals surface area contributed by atoms with Crippen LogP contribution in [0.3, 0.4) is 0 Å². The minimum Gasteiger partial charge on any atom is -0.401 e. The van der Waals surface area contributed by atoms with Crippen molar-refractivity contribution in [3.63, 3.8) is 0 Å². The van der Waals surface area contributed by atoms with Crippen molar-refractivity contribution in [1.29, 1.82) is 0 Å². The summed E-state index contributed by atoms with van der Waals surface area (Å²) in [6, 6.07) is 8.90. The zero-order valence-electron chi connectivity index (χ0n) is 21.6. The maximum atomic E-state index is 12.9. The number of allylic oxidation sites excluding steroid dienone is 3. The van der Waals surface area contributed by atoms with Crippen molar-refractivity contribution in [3.05, 3.63) is 77.6 Å². The van der Waals surface area contributed by atoms with E-state index in [1.54, 1.807) is 24.7 Å². The highest BCUT2D eigenvalue weighted by Crippen LogP contribution is 2.27. The average Bonchev–Trinajstić information content (AvgIpc) is 3.58. The Morgan fingerprint density at radius 2 is 2.14 bits per heavy atom. The second kappa shape index (κ2) is 14.1.